The summed E-state index contributed by atoms with van der Waals surface area (Å²) in [5.74, 6) is -3.67. The van der Waals surface area contributed by atoms with E-state index in [2.05, 4.69) is 15.5 Å². The maximum atomic E-state index is 13.9. The summed E-state index contributed by atoms with van der Waals surface area (Å²) in [4.78, 5) is 27.5. The minimum Gasteiger partial charge on any atom is -0.379 e. The first kappa shape index (κ1) is 22.8. The van der Waals surface area contributed by atoms with Crippen LogP contribution in [0.1, 0.15) is 29.8 Å². The highest BCUT2D eigenvalue weighted by molar-refractivity contribution is 6.01. The Morgan fingerprint density at radius 2 is 1.65 bits per heavy atom. The van der Waals surface area contributed by atoms with Crippen LogP contribution in [-0.2, 0) is 16.1 Å². The second-order valence-electron chi connectivity index (χ2n) is 7.87. The van der Waals surface area contributed by atoms with Gasteiger partial charge in [0.25, 0.3) is 5.91 Å². The summed E-state index contributed by atoms with van der Waals surface area (Å²) in [5.41, 5.74) is 0.991. The SMILES string of the molecule is CC(C)[C@H](NC(=O)c1c(F)cccc1F)C(=O)Nc1ccc(CN2CCOCC2)cc1. The van der Waals surface area contributed by atoms with Crippen molar-refractivity contribution in [3.63, 3.8) is 0 Å². The van der Waals surface area contributed by atoms with Gasteiger partial charge in [0, 0.05) is 25.3 Å². The van der Waals surface area contributed by atoms with E-state index in [9.17, 15) is 18.4 Å². The maximum absolute atomic E-state index is 13.9. The largest absolute Gasteiger partial charge is 0.379 e. The quantitative estimate of drug-likeness (QED) is 0.707. The topological polar surface area (TPSA) is 70.7 Å². The zero-order valence-corrected chi connectivity index (χ0v) is 17.7. The smallest absolute Gasteiger partial charge is 0.257 e. The van der Waals surface area contributed by atoms with Gasteiger partial charge in [0.05, 0.1) is 13.2 Å². The summed E-state index contributed by atoms with van der Waals surface area (Å²) < 4.78 is 33.1. The molecule has 2 aromatic rings. The number of nitrogens with one attached hydrogen (secondary N) is 2. The Kier molecular flexibility index (Phi) is 7.70. The predicted molar refractivity (Wildman–Crippen MR) is 114 cm³/mol. The molecule has 1 aliphatic rings. The summed E-state index contributed by atoms with van der Waals surface area (Å²) in [6.07, 6.45) is 0. The summed E-state index contributed by atoms with van der Waals surface area (Å²) in [5, 5.41) is 5.22. The molecule has 1 aliphatic heterocycles. The predicted octanol–water partition coefficient (Wildman–Crippen LogP) is 3.19. The first-order chi connectivity index (χ1) is 14.8. The van der Waals surface area contributed by atoms with Crippen LogP contribution in [0.15, 0.2) is 42.5 Å². The van der Waals surface area contributed by atoms with Crippen molar-refractivity contribution >= 4 is 17.5 Å². The number of morpholine rings is 1. The molecule has 0 aromatic heterocycles. The lowest BCUT2D eigenvalue weighted by Gasteiger charge is -2.26. The van der Waals surface area contributed by atoms with Crippen molar-refractivity contribution in [3.05, 3.63) is 65.2 Å². The zero-order chi connectivity index (χ0) is 22.4. The van der Waals surface area contributed by atoms with E-state index in [1.807, 2.05) is 12.1 Å². The molecule has 1 fully saturated rings. The highest BCUT2D eigenvalue weighted by atomic mass is 19.1. The van der Waals surface area contributed by atoms with Gasteiger partial charge < -0.3 is 15.4 Å². The number of anilines is 1. The molecule has 1 atom stereocenters. The molecule has 31 heavy (non-hydrogen) atoms. The molecule has 166 valence electrons. The van der Waals surface area contributed by atoms with Crippen LogP contribution in [-0.4, -0.2) is 49.1 Å². The first-order valence-electron chi connectivity index (χ1n) is 10.3. The molecule has 2 amide bonds. The number of halogens is 2. The maximum Gasteiger partial charge on any atom is 0.257 e. The van der Waals surface area contributed by atoms with Gasteiger partial charge in [0.1, 0.15) is 23.2 Å². The Hall–Kier alpha value is -2.84. The van der Waals surface area contributed by atoms with Crippen molar-refractivity contribution in [2.45, 2.75) is 26.4 Å². The van der Waals surface area contributed by atoms with Crippen molar-refractivity contribution in [1.82, 2.24) is 10.2 Å². The van der Waals surface area contributed by atoms with Crippen molar-refractivity contribution in [2.75, 3.05) is 31.6 Å². The third-order valence-corrected chi connectivity index (χ3v) is 5.16. The second kappa shape index (κ2) is 10.5. The molecular formula is C23H27F2N3O3. The van der Waals surface area contributed by atoms with E-state index in [1.54, 1.807) is 26.0 Å². The van der Waals surface area contributed by atoms with Gasteiger partial charge >= 0.3 is 0 Å². The van der Waals surface area contributed by atoms with E-state index in [0.29, 0.717) is 5.69 Å². The number of benzene rings is 2. The van der Waals surface area contributed by atoms with Crippen LogP contribution >= 0.6 is 0 Å². The van der Waals surface area contributed by atoms with Gasteiger partial charge in [-0.25, -0.2) is 8.78 Å². The number of carbonyl (C=O) groups is 2. The van der Waals surface area contributed by atoms with E-state index in [1.165, 1.54) is 6.07 Å². The van der Waals surface area contributed by atoms with E-state index in [-0.39, 0.29) is 5.92 Å². The zero-order valence-electron chi connectivity index (χ0n) is 17.7. The van der Waals surface area contributed by atoms with Crippen molar-refractivity contribution in [3.8, 4) is 0 Å². The van der Waals surface area contributed by atoms with Gasteiger partial charge in [0.15, 0.2) is 0 Å². The summed E-state index contributed by atoms with van der Waals surface area (Å²) >= 11 is 0. The van der Waals surface area contributed by atoms with Crippen molar-refractivity contribution in [2.24, 2.45) is 5.92 Å². The molecule has 0 radical (unpaired) electrons. The van der Waals surface area contributed by atoms with Crippen molar-refractivity contribution < 1.29 is 23.1 Å². The van der Waals surface area contributed by atoms with Crippen LogP contribution < -0.4 is 10.6 Å². The van der Waals surface area contributed by atoms with Crippen LogP contribution in [0.5, 0.6) is 0 Å². The minimum atomic E-state index is -0.976. The Balaban J connectivity index is 1.63. The third-order valence-electron chi connectivity index (χ3n) is 5.16. The number of amides is 2. The average molecular weight is 431 g/mol. The minimum absolute atomic E-state index is 0.292. The molecule has 6 nitrogen and oxygen atoms in total. The lowest BCUT2D eigenvalue weighted by atomic mass is 10.0. The summed E-state index contributed by atoms with van der Waals surface area (Å²) in [6.45, 7) is 7.52. The highest BCUT2D eigenvalue weighted by Gasteiger charge is 2.27. The fraction of sp³-hybridized carbons (Fsp3) is 0.391. The lowest BCUT2D eigenvalue weighted by molar-refractivity contribution is -0.118. The van der Waals surface area contributed by atoms with Gasteiger partial charge in [0.2, 0.25) is 5.91 Å². The molecule has 3 rings (SSSR count). The highest BCUT2D eigenvalue weighted by Crippen LogP contribution is 2.16. The fourth-order valence-corrected chi connectivity index (χ4v) is 3.39. The number of hydrogen-bond donors (Lipinski definition) is 2. The van der Waals surface area contributed by atoms with E-state index in [0.717, 1.165) is 50.5 Å². The molecule has 2 aromatic carbocycles. The standard InChI is InChI=1S/C23H27F2N3O3/c1-15(2)21(27-22(29)20-18(24)4-3-5-19(20)25)23(30)26-17-8-6-16(7-9-17)14-28-10-12-31-13-11-28/h3-9,15,21H,10-14H2,1-2H3,(H,26,30)(H,27,29)/t21-/m0/s1. The Bertz CT molecular complexity index is 893. The number of nitrogens with zero attached hydrogens (tertiary/aromatic N) is 1. The van der Waals surface area contributed by atoms with Gasteiger partial charge in [-0.05, 0) is 35.7 Å². The Morgan fingerprint density at radius 1 is 1.03 bits per heavy atom. The first-order valence-corrected chi connectivity index (χ1v) is 10.3. The van der Waals surface area contributed by atoms with E-state index in [4.69, 9.17) is 4.74 Å². The van der Waals surface area contributed by atoms with Gasteiger partial charge in [-0.15, -0.1) is 0 Å². The van der Waals surface area contributed by atoms with Crippen LogP contribution in [0, 0.1) is 17.6 Å². The molecule has 0 bridgehead atoms. The number of carbonyl (C=O) groups excluding carboxylic acids is 2. The van der Waals surface area contributed by atoms with Gasteiger partial charge in [-0.2, -0.15) is 0 Å². The number of hydrogen-bond acceptors (Lipinski definition) is 4. The van der Waals surface area contributed by atoms with E-state index < -0.39 is 35.1 Å². The molecule has 8 heteroatoms. The molecular weight excluding hydrogens is 404 g/mol. The van der Waals surface area contributed by atoms with Crippen LogP contribution in [0.25, 0.3) is 0 Å². The molecule has 1 saturated heterocycles. The molecule has 1 heterocycles. The number of ether oxygens (including phenoxy) is 1. The van der Waals surface area contributed by atoms with Crippen molar-refractivity contribution in [1.29, 1.82) is 0 Å². The molecule has 2 N–H and O–H groups in total. The average Bonchev–Trinajstić information content (AvgIpc) is 2.74. The Labute approximate surface area is 180 Å². The van der Waals surface area contributed by atoms with Crippen LogP contribution in [0.2, 0.25) is 0 Å². The molecule has 0 unspecified atom stereocenters. The number of rotatable bonds is 7. The lowest BCUT2D eigenvalue weighted by Crippen LogP contribution is -2.47. The normalized spacial score (nSPS) is 15.5. The summed E-state index contributed by atoms with van der Waals surface area (Å²) in [6, 6.07) is 9.68. The third kappa shape index (κ3) is 6.08. The van der Waals surface area contributed by atoms with Gasteiger partial charge in [-0.3, -0.25) is 14.5 Å². The van der Waals surface area contributed by atoms with Gasteiger partial charge in [-0.1, -0.05) is 32.0 Å². The summed E-state index contributed by atoms with van der Waals surface area (Å²) in [7, 11) is 0. The second-order valence-corrected chi connectivity index (χ2v) is 7.87. The molecule has 0 spiro atoms. The molecule has 0 aliphatic carbocycles. The molecule has 0 saturated carbocycles. The van der Waals surface area contributed by atoms with Crippen LogP contribution in [0.3, 0.4) is 0 Å². The monoisotopic (exact) mass is 431 g/mol. The Morgan fingerprint density at radius 3 is 2.23 bits per heavy atom. The van der Waals surface area contributed by atoms with E-state index >= 15 is 0 Å². The van der Waals surface area contributed by atoms with Crippen LogP contribution in [0.4, 0.5) is 14.5 Å². The fourth-order valence-electron chi connectivity index (χ4n) is 3.39.